The molecule has 1 aliphatic carbocycles. The van der Waals surface area contributed by atoms with E-state index in [0.29, 0.717) is 18.5 Å². The van der Waals surface area contributed by atoms with Crippen molar-refractivity contribution in [1.82, 2.24) is 0 Å². The van der Waals surface area contributed by atoms with Crippen LogP contribution in [-0.2, 0) is 9.59 Å². The normalized spacial score (nSPS) is 24.6. The maximum Gasteiger partial charge on any atom is 0.307 e. The average Bonchev–Trinajstić information content (AvgIpc) is 2.83. The lowest BCUT2D eigenvalue weighted by molar-refractivity contribution is -0.145. The highest BCUT2D eigenvalue weighted by Crippen LogP contribution is 2.37. The predicted molar refractivity (Wildman–Crippen MR) is 79.4 cm³/mol. The van der Waals surface area contributed by atoms with Gasteiger partial charge in [0.15, 0.2) is 0 Å². The molecule has 0 bridgehead atoms. The van der Waals surface area contributed by atoms with E-state index in [0.717, 1.165) is 11.3 Å². The first-order valence-corrected chi connectivity index (χ1v) is 7.10. The first-order valence-electron chi connectivity index (χ1n) is 7.10. The van der Waals surface area contributed by atoms with Gasteiger partial charge < -0.3 is 15.2 Å². The third-order valence-electron chi connectivity index (χ3n) is 4.14. The number of carboxylic acids is 1. The molecule has 0 spiro atoms. The fraction of sp³-hybridized carbons (Fsp3) is 0.500. The summed E-state index contributed by atoms with van der Waals surface area (Å²) in [6.45, 7) is 3.87. The molecule has 0 radical (unpaired) electrons. The van der Waals surface area contributed by atoms with E-state index in [1.54, 1.807) is 19.2 Å². The summed E-state index contributed by atoms with van der Waals surface area (Å²) in [5.74, 6) is -1.15. The Morgan fingerprint density at radius 1 is 1.29 bits per heavy atom. The SMILES string of the molecule is COc1ccc(NC(=O)C2CC(C)CC2C(=O)O)c(C)c1. The van der Waals surface area contributed by atoms with E-state index in [-0.39, 0.29) is 11.8 Å². The zero-order valence-corrected chi connectivity index (χ0v) is 12.6. The Morgan fingerprint density at radius 2 is 1.95 bits per heavy atom. The fourth-order valence-electron chi connectivity index (χ4n) is 2.98. The van der Waals surface area contributed by atoms with Crippen LogP contribution in [0.4, 0.5) is 5.69 Å². The molecule has 0 aliphatic heterocycles. The van der Waals surface area contributed by atoms with Gasteiger partial charge in [0.2, 0.25) is 5.91 Å². The molecule has 5 nitrogen and oxygen atoms in total. The highest BCUT2D eigenvalue weighted by Gasteiger charge is 2.41. The molecular weight excluding hydrogens is 270 g/mol. The molecule has 114 valence electrons. The number of rotatable bonds is 4. The molecule has 2 N–H and O–H groups in total. The van der Waals surface area contributed by atoms with Crippen LogP contribution in [0.1, 0.15) is 25.3 Å². The minimum Gasteiger partial charge on any atom is -0.497 e. The summed E-state index contributed by atoms with van der Waals surface area (Å²) in [6.07, 6.45) is 1.19. The molecule has 3 unspecified atom stereocenters. The van der Waals surface area contributed by atoms with Crippen LogP contribution in [0.25, 0.3) is 0 Å². The Labute approximate surface area is 124 Å². The molecule has 0 saturated heterocycles. The summed E-state index contributed by atoms with van der Waals surface area (Å²) < 4.78 is 5.13. The number of aryl methyl sites for hydroxylation is 1. The topological polar surface area (TPSA) is 75.6 Å². The molecular formula is C16H21NO4. The summed E-state index contributed by atoms with van der Waals surface area (Å²) in [5.41, 5.74) is 1.59. The summed E-state index contributed by atoms with van der Waals surface area (Å²) in [5, 5.41) is 12.1. The number of carboxylic acid groups (broad SMARTS) is 1. The third-order valence-corrected chi connectivity index (χ3v) is 4.14. The molecule has 1 amide bonds. The van der Waals surface area contributed by atoms with Gasteiger partial charge >= 0.3 is 5.97 Å². The van der Waals surface area contributed by atoms with E-state index in [9.17, 15) is 14.7 Å². The van der Waals surface area contributed by atoms with Crippen LogP contribution in [0.15, 0.2) is 18.2 Å². The summed E-state index contributed by atoms with van der Waals surface area (Å²) in [4.78, 5) is 23.6. The van der Waals surface area contributed by atoms with Gasteiger partial charge in [-0.15, -0.1) is 0 Å². The molecule has 1 aromatic carbocycles. The van der Waals surface area contributed by atoms with E-state index in [1.165, 1.54) is 0 Å². The van der Waals surface area contributed by atoms with Crippen LogP contribution < -0.4 is 10.1 Å². The van der Waals surface area contributed by atoms with Crippen molar-refractivity contribution < 1.29 is 19.4 Å². The standard InChI is InChI=1S/C16H21NO4/c1-9-6-12(13(7-9)16(19)20)15(18)17-14-5-4-11(21-3)8-10(14)2/h4-5,8-9,12-13H,6-7H2,1-3H3,(H,17,18)(H,19,20). The lowest BCUT2D eigenvalue weighted by atomic mass is 9.95. The van der Waals surface area contributed by atoms with Crippen molar-refractivity contribution in [2.45, 2.75) is 26.7 Å². The molecule has 0 aromatic heterocycles. The van der Waals surface area contributed by atoms with E-state index >= 15 is 0 Å². The van der Waals surface area contributed by atoms with Gasteiger partial charge in [-0.05, 0) is 49.4 Å². The number of hydrogen-bond acceptors (Lipinski definition) is 3. The van der Waals surface area contributed by atoms with Crippen LogP contribution >= 0.6 is 0 Å². The predicted octanol–water partition coefficient (Wildman–Crippen LogP) is 2.69. The molecule has 2 rings (SSSR count). The van der Waals surface area contributed by atoms with Gasteiger partial charge in [-0.1, -0.05) is 6.92 Å². The summed E-state index contributed by atoms with van der Waals surface area (Å²) in [7, 11) is 1.59. The number of carbonyl (C=O) groups is 2. The minimum atomic E-state index is -0.883. The quantitative estimate of drug-likeness (QED) is 0.894. The first kappa shape index (κ1) is 15.4. The lowest BCUT2D eigenvalue weighted by Crippen LogP contribution is -2.30. The van der Waals surface area contributed by atoms with Crippen molar-refractivity contribution in [1.29, 1.82) is 0 Å². The number of nitrogens with one attached hydrogen (secondary N) is 1. The number of methoxy groups -OCH3 is 1. The van der Waals surface area contributed by atoms with Crippen molar-refractivity contribution in [2.75, 3.05) is 12.4 Å². The number of amides is 1. The Bertz CT molecular complexity index is 555. The van der Waals surface area contributed by atoms with Crippen LogP contribution in [0.5, 0.6) is 5.75 Å². The van der Waals surface area contributed by atoms with Gasteiger partial charge in [0.1, 0.15) is 5.75 Å². The largest absolute Gasteiger partial charge is 0.497 e. The number of anilines is 1. The Morgan fingerprint density at radius 3 is 2.52 bits per heavy atom. The minimum absolute atomic E-state index is 0.208. The van der Waals surface area contributed by atoms with Gasteiger partial charge in [-0.25, -0.2) is 0 Å². The summed E-state index contributed by atoms with van der Waals surface area (Å²) >= 11 is 0. The highest BCUT2D eigenvalue weighted by molar-refractivity contribution is 5.96. The van der Waals surface area contributed by atoms with E-state index in [2.05, 4.69) is 5.32 Å². The second-order valence-electron chi connectivity index (χ2n) is 5.80. The number of ether oxygens (including phenoxy) is 1. The molecule has 3 atom stereocenters. The van der Waals surface area contributed by atoms with Crippen molar-refractivity contribution in [3.05, 3.63) is 23.8 Å². The number of carbonyl (C=O) groups excluding carboxylic acids is 1. The van der Waals surface area contributed by atoms with Gasteiger partial charge in [0, 0.05) is 5.69 Å². The Kier molecular flexibility index (Phi) is 4.50. The van der Waals surface area contributed by atoms with Crippen LogP contribution in [0.3, 0.4) is 0 Å². The molecule has 1 aliphatic rings. The highest BCUT2D eigenvalue weighted by atomic mass is 16.5. The smallest absolute Gasteiger partial charge is 0.307 e. The number of aliphatic carboxylic acids is 1. The van der Waals surface area contributed by atoms with Crippen LogP contribution in [0.2, 0.25) is 0 Å². The first-order chi connectivity index (χ1) is 9.92. The second-order valence-corrected chi connectivity index (χ2v) is 5.80. The maximum absolute atomic E-state index is 12.4. The molecule has 1 aromatic rings. The maximum atomic E-state index is 12.4. The van der Waals surface area contributed by atoms with E-state index < -0.39 is 17.8 Å². The van der Waals surface area contributed by atoms with Crippen LogP contribution in [0, 0.1) is 24.7 Å². The van der Waals surface area contributed by atoms with Crippen LogP contribution in [-0.4, -0.2) is 24.1 Å². The number of benzene rings is 1. The molecule has 5 heteroatoms. The van der Waals surface area contributed by atoms with Gasteiger partial charge in [0.05, 0.1) is 18.9 Å². The Hall–Kier alpha value is -2.04. The molecule has 21 heavy (non-hydrogen) atoms. The fourth-order valence-corrected chi connectivity index (χ4v) is 2.98. The third kappa shape index (κ3) is 3.35. The second kappa shape index (κ2) is 6.16. The van der Waals surface area contributed by atoms with Crippen molar-refractivity contribution in [3.8, 4) is 5.75 Å². The zero-order chi connectivity index (χ0) is 15.6. The zero-order valence-electron chi connectivity index (χ0n) is 12.6. The van der Waals surface area contributed by atoms with Crippen molar-refractivity contribution in [2.24, 2.45) is 17.8 Å². The van der Waals surface area contributed by atoms with Gasteiger partial charge in [-0.3, -0.25) is 9.59 Å². The van der Waals surface area contributed by atoms with Gasteiger partial charge in [-0.2, -0.15) is 0 Å². The number of hydrogen-bond donors (Lipinski definition) is 2. The van der Waals surface area contributed by atoms with Crippen molar-refractivity contribution in [3.63, 3.8) is 0 Å². The average molecular weight is 291 g/mol. The molecule has 0 heterocycles. The Balaban J connectivity index is 2.12. The van der Waals surface area contributed by atoms with E-state index in [1.807, 2.05) is 19.9 Å². The van der Waals surface area contributed by atoms with Crippen molar-refractivity contribution >= 4 is 17.6 Å². The summed E-state index contributed by atoms with van der Waals surface area (Å²) in [6, 6.07) is 5.39. The van der Waals surface area contributed by atoms with E-state index in [4.69, 9.17) is 4.74 Å². The molecule has 1 saturated carbocycles. The monoisotopic (exact) mass is 291 g/mol. The lowest BCUT2D eigenvalue weighted by Gasteiger charge is -2.17. The van der Waals surface area contributed by atoms with Gasteiger partial charge in [0.25, 0.3) is 0 Å². The molecule has 1 fully saturated rings.